The summed E-state index contributed by atoms with van der Waals surface area (Å²) in [6.45, 7) is 0. The van der Waals surface area contributed by atoms with E-state index in [2.05, 4.69) is 0 Å². The Morgan fingerprint density at radius 3 is 1.58 bits per heavy atom. The third-order valence-electron chi connectivity index (χ3n) is 1.54. The number of carbonyl (C=O) groups excluding carboxylic acids is 1. The lowest BCUT2D eigenvalue weighted by Gasteiger charge is -2.01. The summed E-state index contributed by atoms with van der Waals surface area (Å²) in [4.78, 5) is 49.1. The maximum Gasteiger partial charge on any atom is 0.372 e. The van der Waals surface area contributed by atoms with Crippen LogP contribution in [0.5, 0.6) is 0 Å². The van der Waals surface area contributed by atoms with E-state index in [1.54, 1.807) is 0 Å². The SMILES string of the molecule is NC(CCC(=O)O)C(=O)O.O=C(O)CC(=O)C(=O)O. The minimum absolute atomic E-state index is 0.0231. The van der Waals surface area contributed by atoms with Gasteiger partial charge >= 0.3 is 23.9 Å². The van der Waals surface area contributed by atoms with E-state index in [9.17, 15) is 24.0 Å². The Morgan fingerprint density at radius 1 is 0.895 bits per heavy atom. The van der Waals surface area contributed by atoms with Crippen molar-refractivity contribution in [2.24, 2.45) is 5.73 Å². The number of aliphatic carboxylic acids is 4. The lowest BCUT2D eigenvalue weighted by Crippen LogP contribution is -2.30. The summed E-state index contributed by atoms with van der Waals surface area (Å²) >= 11 is 0. The van der Waals surface area contributed by atoms with Crippen LogP contribution in [-0.4, -0.2) is 56.1 Å². The Morgan fingerprint density at radius 2 is 1.37 bits per heavy atom. The smallest absolute Gasteiger partial charge is 0.372 e. The summed E-state index contributed by atoms with van der Waals surface area (Å²) in [5, 5.41) is 31.9. The molecule has 10 heteroatoms. The van der Waals surface area contributed by atoms with Gasteiger partial charge < -0.3 is 26.2 Å². The first kappa shape index (κ1) is 18.9. The van der Waals surface area contributed by atoms with Crippen LogP contribution in [0.25, 0.3) is 0 Å². The van der Waals surface area contributed by atoms with E-state index >= 15 is 0 Å². The maximum atomic E-state index is 9.99. The second-order valence-electron chi connectivity index (χ2n) is 3.18. The molecule has 0 aromatic rings. The third-order valence-corrected chi connectivity index (χ3v) is 1.54. The van der Waals surface area contributed by atoms with Crippen LogP contribution in [0.2, 0.25) is 0 Å². The minimum atomic E-state index is -1.71. The van der Waals surface area contributed by atoms with E-state index in [-0.39, 0.29) is 12.8 Å². The zero-order valence-corrected chi connectivity index (χ0v) is 9.61. The van der Waals surface area contributed by atoms with Gasteiger partial charge in [0, 0.05) is 6.42 Å². The highest BCUT2D eigenvalue weighted by Crippen LogP contribution is 1.93. The van der Waals surface area contributed by atoms with Crippen molar-refractivity contribution in [3.05, 3.63) is 0 Å². The van der Waals surface area contributed by atoms with Crippen LogP contribution in [0.4, 0.5) is 0 Å². The molecule has 0 aliphatic carbocycles. The van der Waals surface area contributed by atoms with Crippen molar-refractivity contribution < 1.29 is 44.4 Å². The molecule has 19 heavy (non-hydrogen) atoms. The highest BCUT2D eigenvalue weighted by atomic mass is 16.4. The summed E-state index contributed by atoms with van der Waals surface area (Å²) in [5.74, 6) is -6.64. The number of nitrogens with two attached hydrogens (primary N) is 1. The number of carboxylic acids is 4. The molecule has 0 rings (SSSR count). The number of rotatable bonds is 7. The van der Waals surface area contributed by atoms with Gasteiger partial charge in [0.25, 0.3) is 5.78 Å². The average molecular weight is 279 g/mol. The average Bonchev–Trinajstić information content (AvgIpc) is 2.25. The van der Waals surface area contributed by atoms with E-state index in [0.29, 0.717) is 0 Å². The molecule has 0 aromatic carbocycles. The fraction of sp³-hybridized carbons (Fsp3) is 0.444. The molecule has 1 unspecified atom stereocenters. The molecule has 0 radical (unpaired) electrons. The Labute approximate surface area is 106 Å². The van der Waals surface area contributed by atoms with Crippen LogP contribution in [-0.2, 0) is 24.0 Å². The molecule has 6 N–H and O–H groups in total. The van der Waals surface area contributed by atoms with Crippen LogP contribution >= 0.6 is 0 Å². The molecule has 0 heterocycles. The quantitative estimate of drug-likeness (QED) is 0.267. The van der Waals surface area contributed by atoms with Gasteiger partial charge in [-0.05, 0) is 6.42 Å². The zero-order chi connectivity index (χ0) is 15.6. The van der Waals surface area contributed by atoms with Gasteiger partial charge in [0.1, 0.15) is 12.5 Å². The third kappa shape index (κ3) is 13.4. The molecule has 108 valence electrons. The van der Waals surface area contributed by atoms with Crippen molar-refractivity contribution in [3.8, 4) is 0 Å². The molecular weight excluding hydrogens is 266 g/mol. The summed E-state index contributed by atoms with van der Waals surface area (Å²) in [6, 6.07) is -1.06. The van der Waals surface area contributed by atoms with Crippen LogP contribution < -0.4 is 5.73 Å². The topological polar surface area (TPSA) is 192 Å². The van der Waals surface area contributed by atoms with Gasteiger partial charge in [0.05, 0.1) is 0 Å². The van der Waals surface area contributed by atoms with E-state index in [4.69, 9.17) is 26.2 Å². The molecular formula is C9H13NO9. The van der Waals surface area contributed by atoms with Gasteiger partial charge in [-0.1, -0.05) is 0 Å². The lowest BCUT2D eigenvalue weighted by atomic mass is 10.2. The largest absolute Gasteiger partial charge is 0.481 e. The minimum Gasteiger partial charge on any atom is -0.481 e. The van der Waals surface area contributed by atoms with Crippen molar-refractivity contribution in [1.82, 2.24) is 0 Å². The van der Waals surface area contributed by atoms with Gasteiger partial charge in [-0.3, -0.25) is 19.2 Å². The van der Waals surface area contributed by atoms with E-state index < -0.39 is 42.1 Å². The van der Waals surface area contributed by atoms with Gasteiger partial charge in [-0.25, -0.2) is 4.79 Å². The molecule has 0 aliphatic rings. The molecule has 0 amide bonds. The van der Waals surface area contributed by atoms with E-state index in [0.717, 1.165) is 0 Å². The second-order valence-corrected chi connectivity index (χ2v) is 3.18. The van der Waals surface area contributed by atoms with Crippen molar-refractivity contribution in [2.75, 3.05) is 0 Å². The second kappa shape index (κ2) is 9.53. The Bertz CT molecular complexity index is 376. The molecule has 0 aromatic heterocycles. The Kier molecular flexibility index (Phi) is 9.46. The number of hydrogen-bond acceptors (Lipinski definition) is 6. The van der Waals surface area contributed by atoms with Crippen LogP contribution in [0.3, 0.4) is 0 Å². The molecule has 0 saturated heterocycles. The zero-order valence-electron chi connectivity index (χ0n) is 9.61. The van der Waals surface area contributed by atoms with Crippen molar-refractivity contribution in [2.45, 2.75) is 25.3 Å². The monoisotopic (exact) mass is 279 g/mol. The predicted molar refractivity (Wildman–Crippen MR) is 57.4 cm³/mol. The lowest BCUT2D eigenvalue weighted by molar-refractivity contribution is -0.152. The summed E-state index contributed by atoms with van der Waals surface area (Å²) in [7, 11) is 0. The molecule has 1 atom stereocenters. The number of carboxylic acid groups (broad SMARTS) is 4. The van der Waals surface area contributed by atoms with Crippen molar-refractivity contribution in [1.29, 1.82) is 0 Å². The predicted octanol–water partition coefficient (Wildman–Crippen LogP) is -1.62. The van der Waals surface area contributed by atoms with Crippen molar-refractivity contribution >= 4 is 29.7 Å². The highest BCUT2D eigenvalue weighted by Gasteiger charge is 2.14. The van der Waals surface area contributed by atoms with E-state index in [1.807, 2.05) is 0 Å². The molecule has 0 aliphatic heterocycles. The number of hydrogen-bond donors (Lipinski definition) is 5. The first-order chi connectivity index (χ1) is 8.57. The van der Waals surface area contributed by atoms with Crippen LogP contribution in [0.1, 0.15) is 19.3 Å². The molecule has 10 nitrogen and oxygen atoms in total. The van der Waals surface area contributed by atoms with Crippen molar-refractivity contribution in [3.63, 3.8) is 0 Å². The summed E-state index contributed by atoms with van der Waals surface area (Å²) in [6.07, 6.45) is -1.17. The number of ketones is 1. The maximum absolute atomic E-state index is 9.99. The first-order valence-electron chi connectivity index (χ1n) is 4.76. The fourth-order valence-corrected chi connectivity index (χ4v) is 0.615. The van der Waals surface area contributed by atoms with E-state index in [1.165, 1.54) is 0 Å². The first-order valence-corrected chi connectivity index (χ1v) is 4.76. The van der Waals surface area contributed by atoms with Crippen LogP contribution in [0.15, 0.2) is 0 Å². The standard InChI is InChI=1S/C5H9NO4.C4H4O5/c6-3(5(9)10)1-2-4(7)8;5-2(4(8)9)1-3(6)7/h3H,1-2,6H2,(H,7,8)(H,9,10);1H2,(H,6,7)(H,8,9). The number of Topliss-reactive ketones (excluding diaryl/α,β-unsaturated/α-hetero) is 1. The van der Waals surface area contributed by atoms with Gasteiger partial charge in [0.15, 0.2) is 0 Å². The molecule has 0 spiro atoms. The fourth-order valence-electron chi connectivity index (χ4n) is 0.615. The van der Waals surface area contributed by atoms with Gasteiger partial charge in [-0.2, -0.15) is 0 Å². The summed E-state index contributed by atoms with van der Waals surface area (Å²) in [5.41, 5.74) is 5.00. The number of carbonyl (C=O) groups is 5. The Hall–Kier alpha value is -2.49. The Balaban J connectivity index is 0. The normalized spacial score (nSPS) is 10.6. The van der Waals surface area contributed by atoms with Gasteiger partial charge in [-0.15, -0.1) is 0 Å². The summed E-state index contributed by atoms with van der Waals surface area (Å²) < 4.78 is 0. The van der Waals surface area contributed by atoms with Crippen LogP contribution in [0, 0.1) is 0 Å². The van der Waals surface area contributed by atoms with Gasteiger partial charge in [0.2, 0.25) is 0 Å². The molecule has 0 saturated carbocycles. The molecule has 0 fully saturated rings. The highest BCUT2D eigenvalue weighted by molar-refractivity contribution is 6.35. The molecule has 0 bridgehead atoms.